The van der Waals surface area contributed by atoms with Gasteiger partial charge >= 0.3 is 0 Å². The summed E-state index contributed by atoms with van der Waals surface area (Å²) in [5, 5.41) is 22.3. The van der Waals surface area contributed by atoms with E-state index in [0.717, 1.165) is 50.7 Å². The highest BCUT2D eigenvalue weighted by Crippen LogP contribution is 2.65. The van der Waals surface area contributed by atoms with Crippen molar-refractivity contribution >= 4 is 20.1 Å². The van der Waals surface area contributed by atoms with Crippen LogP contribution < -0.4 is 0 Å². The highest BCUT2D eigenvalue weighted by atomic mass is 32.2. The van der Waals surface area contributed by atoms with Gasteiger partial charge in [-0.15, -0.1) is 0 Å². The number of rotatable bonds is 10. The van der Waals surface area contributed by atoms with Gasteiger partial charge in [-0.1, -0.05) is 83.4 Å². The smallest absolute Gasteiger partial charge is 0.192 e. The first-order chi connectivity index (χ1) is 18.5. The molecule has 0 bridgehead atoms. The van der Waals surface area contributed by atoms with E-state index in [1.807, 2.05) is 0 Å². The highest BCUT2D eigenvalue weighted by Gasteiger charge is 2.58. The summed E-state index contributed by atoms with van der Waals surface area (Å²) >= 11 is 2.09. The lowest BCUT2D eigenvalue weighted by atomic mass is 9.49. The maximum absolute atomic E-state index is 10.9. The minimum Gasteiger partial charge on any atom is -0.413 e. The number of hydrogen-bond acceptors (Lipinski definition) is 4. The van der Waals surface area contributed by atoms with Crippen LogP contribution in [0.1, 0.15) is 113 Å². The average Bonchev–Trinajstić information content (AvgIpc) is 3.23. The molecular weight excluding hydrogens is 529 g/mol. The third kappa shape index (κ3) is 5.77. The Morgan fingerprint density at radius 2 is 1.80 bits per heavy atom. The van der Waals surface area contributed by atoms with Crippen molar-refractivity contribution in [2.24, 2.45) is 22.7 Å². The molecule has 3 nitrogen and oxygen atoms in total. The minimum absolute atomic E-state index is 0.0291. The summed E-state index contributed by atoms with van der Waals surface area (Å²) in [6.45, 7) is 23.4. The molecule has 0 aromatic carbocycles. The summed E-state index contributed by atoms with van der Waals surface area (Å²) in [5.41, 5.74) is 4.45. The van der Waals surface area contributed by atoms with Crippen molar-refractivity contribution in [2.75, 3.05) is 5.75 Å². The van der Waals surface area contributed by atoms with Crippen LogP contribution in [0.2, 0.25) is 18.1 Å². The Balaban J connectivity index is 1.51. The molecule has 5 heteroatoms. The molecule has 4 aliphatic rings. The number of fused-ring (bicyclic) bond motifs is 5. The van der Waals surface area contributed by atoms with E-state index in [-0.39, 0.29) is 28.1 Å². The Labute approximate surface area is 251 Å². The van der Waals surface area contributed by atoms with Gasteiger partial charge in [0, 0.05) is 10.7 Å². The van der Waals surface area contributed by atoms with Gasteiger partial charge in [0.1, 0.15) is 0 Å². The summed E-state index contributed by atoms with van der Waals surface area (Å²) in [5.74, 6) is 2.19. The molecule has 40 heavy (non-hydrogen) atoms. The monoisotopic (exact) mass is 588 g/mol. The fraction of sp³-hybridized carbons (Fsp3) is 0.829. The third-order valence-corrected chi connectivity index (χ3v) is 18.2. The lowest BCUT2D eigenvalue weighted by Crippen LogP contribution is -2.57. The maximum atomic E-state index is 10.9. The molecule has 0 radical (unpaired) electrons. The van der Waals surface area contributed by atoms with Gasteiger partial charge in [0.15, 0.2) is 8.32 Å². The Bertz CT molecular complexity index is 1020. The molecule has 0 amide bonds. The quantitative estimate of drug-likeness (QED) is 0.152. The van der Waals surface area contributed by atoms with Gasteiger partial charge in [-0.05, 0) is 106 Å². The van der Waals surface area contributed by atoms with Crippen LogP contribution in [0.5, 0.6) is 0 Å². The summed E-state index contributed by atoms with van der Waals surface area (Å²) < 4.78 is 7.20. The summed E-state index contributed by atoms with van der Waals surface area (Å²) in [4.78, 5) is 0. The van der Waals surface area contributed by atoms with Crippen molar-refractivity contribution in [3.8, 4) is 0 Å². The van der Waals surface area contributed by atoms with E-state index in [9.17, 15) is 10.2 Å². The Morgan fingerprint density at radius 1 is 1.12 bits per heavy atom. The highest BCUT2D eigenvalue weighted by molar-refractivity contribution is 8.00. The molecule has 4 rings (SSSR count). The predicted molar refractivity (Wildman–Crippen MR) is 175 cm³/mol. The van der Waals surface area contributed by atoms with Crippen molar-refractivity contribution < 1.29 is 14.6 Å². The molecule has 0 aliphatic heterocycles. The fourth-order valence-electron chi connectivity index (χ4n) is 8.33. The topological polar surface area (TPSA) is 49.7 Å². The second-order valence-corrected chi connectivity index (χ2v) is 21.8. The number of thioether (sulfide) groups is 1. The van der Waals surface area contributed by atoms with Gasteiger partial charge in [0.2, 0.25) is 0 Å². The van der Waals surface area contributed by atoms with Gasteiger partial charge in [-0.3, -0.25) is 0 Å². The first-order valence-electron chi connectivity index (χ1n) is 16.3. The fourth-order valence-corrected chi connectivity index (χ4v) is 10.9. The van der Waals surface area contributed by atoms with Gasteiger partial charge in [0.05, 0.1) is 17.8 Å². The van der Waals surface area contributed by atoms with E-state index in [4.69, 9.17) is 4.43 Å². The molecule has 0 aromatic rings. The summed E-state index contributed by atoms with van der Waals surface area (Å²) in [6.07, 6.45) is 16.1. The molecule has 7 atom stereocenters. The number of allylic oxidation sites excluding steroid dienone is 4. The van der Waals surface area contributed by atoms with E-state index in [1.54, 1.807) is 11.1 Å². The van der Waals surface area contributed by atoms with Crippen molar-refractivity contribution in [2.45, 2.75) is 154 Å². The van der Waals surface area contributed by atoms with Crippen LogP contribution in [0, 0.1) is 22.7 Å². The van der Waals surface area contributed by atoms with E-state index in [0.29, 0.717) is 17.1 Å². The van der Waals surface area contributed by atoms with Crippen molar-refractivity contribution in [1.29, 1.82) is 0 Å². The Kier molecular flexibility index (Phi) is 9.48. The molecule has 1 unspecified atom stereocenters. The first-order valence-corrected chi connectivity index (χ1v) is 20.3. The lowest BCUT2D eigenvalue weighted by Gasteiger charge is -2.58. The second-order valence-electron chi connectivity index (χ2n) is 15.6. The van der Waals surface area contributed by atoms with E-state index in [1.165, 1.54) is 18.4 Å². The third-order valence-electron chi connectivity index (χ3n) is 12.4. The largest absolute Gasteiger partial charge is 0.413 e. The summed E-state index contributed by atoms with van der Waals surface area (Å²) in [7, 11) is -1.99. The van der Waals surface area contributed by atoms with Crippen LogP contribution in [0.25, 0.3) is 0 Å². The van der Waals surface area contributed by atoms with Gasteiger partial charge < -0.3 is 14.6 Å². The molecule has 2 saturated carbocycles. The maximum Gasteiger partial charge on any atom is 0.192 e. The molecule has 4 aliphatic carbocycles. The molecule has 2 N–H and O–H groups in total. The second kappa shape index (κ2) is 11.6. The number of hydrogen-bond donors (Lipinski definition) is 2. The molecule has 0 aromatic heterocycles. The van der Waals surface area contributed by atoms with Crippen LogP contribution in [-0.2, 0) is 4.43 Å². The van der Waals surface area contributed by atoms with Crippen LogP contribution in [0.4, 0.5) is 0 Å². The average molecular weight is 589 g/mol. The molecule has 0 saturated heterocycles. The zero-order chi connectivity index (χ0) is 29.7. The molecule has 228 valence electrons. The normalized spacial score (nSPS) is 35.2. The first kappa shape index (κ1) is 32.6. The Hall–Kier alpha value is -0.333. The van der Waals surface area contributed by atoms with Crippen LogP contribution in [0.15, 0.2) is 34.9 Å². The molecule has 2 fully saturated rings. The van der Waals surface area contributed by atoms with Gasteiger partial charge in [-0.2, -0.15) is 11.8 Å². The SMILES string of the molecule is CCC(O)(CC)CCCSC(C)C1=CC[C@H]2C3=CC=C4C[C@@H](O)C[C@H](O[Si](C)(C)C(C)(C)C)[C@]4(C)[C@H]3CC[C@]12C. The zero-order valence-corrected chi connectivity index (χ0v) is 29.2. The van der Waals surface area contributed by atoms with E-state index < -0.39 is 13.9 Å². The molecule has 0 heterocycles. The minimum atomic E-state index is -1.99. The number of aliphatic hydroxyl groups is 2. The molecular formula is C35H60O3SSi. The number of aliphatic hydroxyl groups excluding tert-OH is 1. The van der Waals surface area contributed by atoms with Crippen molar-refractivity contribution in [3.05, 3.63) is 34.9 Å². The molecule has 0 spiro atoms. The predicted octanol–water partition coefficient (Wildman–Crippen LogP) is 9.22. The van der Waals surface area contributed by atoms with Crippen LogP contribution >= 0.6 is 11.8 Å². The standard InChI is InChI=1S/C35H60O3SSi/c1-11-35(37,12-2)19-13-21-39-24(3)28-16-17-29-27-15-14-25-22-26(36)23-31(38-40(9,10)32(4,5)6)34(25,8)30(27)18-20-33(28,29)7/h14-16,24,26,29-31,36-37H,11-13,17-23H2,1-10H3/t24?,26-,29+,30+,31+,33-,34+/m1/s1. The van der Waals surface area contributed by atoms with Gasteiger partial charge in [-0.25, -0.2) is 0 Å². The lowest BCUT2D eigenvalue weighted by molar-refractivity contribution is -0.0417. The van der Waals surface area contributed by atoms with Crippen molar-refractivity contribution in [1.82, 2.24) is 0 Å². The summed E-state index contributed by atoms with van der Waals surface area (Å²) in [6, 6.07) is 0. The van der Waals surface area contributed by atoms with E-state index >= 15 is 0 Å². The van der Waals surface area contributed by atoms with Crippen LogP contribution in [-0.4, -0.2) is 47.3 Å². The van der Waals surface area contributed by atoms with Crippen LogP contribution in [0.3, 0.4) is 0 Å². The van der Waals surface area contributed by atoms with Gasteiger partial charge in [0.25, 0.3) is 0 Å². The van der Waals surface area contributed by atoms with E-state index in [2.05, 4.69) is 98.5 Å². The van der Waals surface area contributed by atoms with Crippen molar-refractivity contribution in [3.63, 3.8) is 0 Å². The Morgan fingerprint density at radius 3 is 2.42 bits per heavy atom. The zero-order valence-electron chi connectivity index (χ0n) is 27.4.